The van der Waals surface area contributed by atoms with Gasteiger partial charge in [0.05, 0.1) is 12.6 Å². The van der Waals surface area contributed by atoms with E-state index in [-0.39, 0.29) is 11.9 Å². The summed E-state index contributed by atoms with van der Waals surface area (Å²) < 4.78 is 5.49. The molecule has 1 atom stereocenters. The summed E-state index contributed by atoms with van der Waals surface area (Å²) in [6.45, 7) is 4.58. The molecule has 3 nitrogen and oxygen atoms in total. The zero-order valence-corrected chi connectivity index (χ0v) is 16.3. The van der Waals surface area contributed by atoms with Gasteiger partial charge in [-0.2, -0.15) is 0 Å². The van der Waals surface area contributed by atoms with Crippen LogP contribution in [-0.4, -0.2) is 12.5 Å². The van der Waals surface area contributed by atoms with E-state index in [1.165, 1.54) is 0 Å². The van der Waals surface area contributed by atoms with Gasteiger partial charge in [-0.15, -0.1) is 0 Å². The SMILES string of the molecule is CCOc1ccc(C(C)NC(=O)/C(=C/c2ccccc2)c2ccccc2)cc1. The second kappa shape index (κ2) is 9.56. The Hall–Kier alpha value is -3.33. The van der Waals surface area contributed by atoms with Crippen LogP contribution < -0.4 is 10.1 Å². The Morgan fingerprint density at radius 3 is 2.14 bits per heavy atom. The molecule has 0 aliphatic rings. The lowest BCUT2D eigenvalue weighted by Gasteiger charge is -2.17. The number of rotatable bonds is 7. The van der Waals surface area contributed by atoms with Crippen molar-refractivity contribution < 1.29 is 9.53 Å². The standard InChI is InChI=1S/C25H25NO2/c1-3-28-23-16-14-21(15-17-23)19(2)26-25(27)24(22-12-8-5-9-13-22)18-20-10-6-4-7-11-20/h4-19H,3H2,1-2H3,(H,26,27)/b24-18+. The first-order valence-corrected chi connectivity index (χ1v) is 9.53. The van der Waals surface area contributed by atoms with Crippen LogP contribution in [0.1, 0.15) is 36.6 Å². The molecular weight excluding hydrogens is 346 g/mol. The van der Waals surface area contributed by atoms with Crippen molar-refractivity contribution in [2.24, 2.45) is 0 Å². The van der Waals surface area contributed by atoms with Crippen molar-refractivity contribution in [1.82, 2.24) is 5.32 Å². The van der Waals surface area contributed by atoms with Crippen molar-refractivity contribution in [3.63, 3.8) is 0 Å². The maximum atomic E-state index is 13.1. The Bertz CT molecular complexity index is 916. The predicted molar refractivity (Wildman–Crippen MR) is 115 cm³/mol. The number of carbonyl (C=O) groups is 1. The van der Waals surface area contributed by atoms with Crippen molar-refractivity contribution in [3.8, 4) is 5.75 Å². The van der Waals surface area contributed by atoms with Gasteiger partial charge in [0.2, 0.25) is 0 Å². The molecule has 1 amide bonds. The lowest BCUT2D eigenvalue weighted by atomic mass is 10.0. The minimum absolute atomic E-state index is 0.101. The second-order valence-electron chi connectivity index (χ2n) is 6.53. The summed E-state index contributed by atoms with van der Waals surface area (Å²) >= 11 is 0. The fourth-order valence-corrected chi connectivity index (χ4v) is 2.99. The molecule has 3 heteroatoms. The fraction of sp³-hybridized carbons (Fsp3) is 0.160. The lowest BCUT2D eigenvalue weighted by molar-refractivity contribution is -0.116. The van der Waals surface area contributed by atoms with Crippen molar-refractivity contribution in [1.29, 1.82) is 0 Å². The highest BCUT2D eigenvalue weighted by Gasteiger charge is 2.16. The molecule has 142 valence electrons. The molecule has 0 aromatic heterocycles. The Morgan fingerprint density at radius 2 is 1.54 bits per heavy atom. The van der Waals surface area contributed by atoms with Gasteiger partial charge in [-0.1, -0.05) is 72.8 Å². The highest BCUT2D eigenvalue weighted by Crippen LogP contribution is 2.22. The van der Waals surface area contributed by atoms with Crippen LogP contribution in [-0.2, 0) is 4.79 Å². The van der Waals surface area contributed by atoms with E-state index in [1.807, 2.05) is 105 Å². The maximum Gasteiger partial charge on any atom is 0.252 e. The Balaban J connectivity index is 1.82. The monoisotopic (exact) mass is 371 g/mol. The third-order valence-corrected chi connectivity index (χ3v) is 4.48. The minimum Gasteiger partial charge on any atom is -0.494 e. The molecule has 0 saturated heterocycles. The minimum atomic E-state index is -0.119. The first-order valence-electron chi connectivity index (χ1n) is 9.53. The van der Waals surface area contributed by atoms with E-state index in [2.05, 4.69) is 5.32 Å². The summed E-state index contributed by atoms with van der Waals surface area (Å²) in [5, 5.41) is 3.12. The van der Waals surface area contributed by atoms with Gasteiger partial charge in [0.15, 0.2) is 0 Å². The molecule has 0 aliphatic heterocycles. The van der Waals surface area contributed by atoms with E-state index in [4.69, 9.17) is 4.74 Å². The van der Waals surface area contributed by atoms with Crippen LogP contribution in [0.25, 0.3) is 11.6 Å². The van der Waals surface area contributed by atoms with Gasteiger partial charge in [0.1, 0.15) is 5.75 Å². The summed E-state index contributed by atoms with van der Waals surface area (Å²) in [7, 11) is 0. The highest BCUT2D eigenvalue weighted by atomic mass is 16.5. The van der Waals surface area contributed by atoms with Gasteiger partial charge in [-0.25, -0.2) is 0 Å². The summed E-state index contributed by atoms with van der Waals surface area (Å²) in [6.07, 6.45) is 1.93. The molecular formula is C25H25NO2. The zero-order chi connectivity index (χ0) is 19.8. The quantitative estimate of drug-likeness (QED) is 0.440. The van der Waals surface area contributed by atoms with Crippen LogP contribution in [0.3, 0.4) is 0 Å². The Morgan fingerprint density at radius 1 is 0.929 bits per heavy atom. The molecule has 1 unspecified atom stereocenters. The molecule has 3 aromatic rings. The molecule has 28 heavy (non-hydrogen) atoms. The second-order valence-corrected chi connectivity index (χ2v) is 6.53. The lowest BCUT2D eigenvalue weighted by Crippen LogP contribution is -2.27. The summed E-state index contributed by atoms with van der Waals surface area (Å²) in [6, 6.07) is 27.3. The molecule has 0 spiro atoms. The van der Waals surface area contributed by atoms with Crippen molar-refractivity contribution in [2.75, 3.05) is 6.61 Å². The molecule has 0 radical (unpaired) electrons. The maximum absolute atomic E-state index is 13.1. The van der Waals surface area contributed by atoms with E-state index >= 15 is 0 Å². The number of hydrogen-bond acceptors (Lipinski definition) is 2. The summed E-state index contributed by atoms with van der Waals surface area (Å²) in [5.74, 6) is 0.732. The largest absolute Gasteiger partial charge is 0.494 e. The average molecular weight is 371 g/mol. The molecule has 0 fully saturated rings. The number of carbonyl (C=O) groups excluding carboxylic acids is 1. The van der Waals surface area contributed by atoms with Crippen LogP contribution in [0.4, 0.5) is 0 Å². The van der Waals surface area contributed by atoms with Gasteiger partial charge >= 0.3 is 0 Å². The topological polar surface area (TPSA) is 38.3 Å². The first kappa shape index (κ1) is 19.4. The molecule has 0 saturated carbocycles. The van der Waals surface area contributed by atoms with E-state index in [1.54, 1.807) is 0 Å². The third kappa shape index (κ3) is 5.10. The number of amides is 1. The smallest absolute Gasteiger partial charge is 0.252 e. The summed E-state index contributed by atoms with van der Waals surface area (Å²) in [5.41, 5.74) is 3.56. The highest BCUT2D eigenvalue weighted by molar-refractivity contribution is 6.24. The predicted octanol–water partition coefficient (Wildman–Crippen LogP) is 5.50. The Labute approximate surface area is 166 Å². The van der Waals surface area contributed by atoms with Crippen LogP contribution in [0.5, 0.6) is 5.75 Å². The van der Waals surface area contributed by atoms with Crippen molar-refractivity contribution in [2.45, 2.75) is 19.9 Å². The molecule has 0 aliphatic carbocycles. The van der Waals surface area contributed by atoms with Crippen molar-refractivity contribution >= 4 is 17.6 Å². The number of nitrogens with one attached hydrogen (secondary N) is 1. The number of benzene rings is 3. The van der Waals surface area contributed by atoms with E-state index in [0.29, 0.717) is 12.2 Å². The molecule has 1 N–H and O–H groups in total. The van der Waals surface area contributed by atoms with E-state index in [9.17, 15) is 4.79 Å². The van der Waals surface area contributed by atoms with Gasteiger partial charge in [0, 0.05) is 5.57 Å². The fourth-order valence-electron chi connectivity index (χ4n) is 2.99. The van der Waals surface area contributed by atoms with Gasteiger partial charge in [-0.3, -0.25) is 4.79 Å². The van der Waals surface area contributed by atoms with Crippen LogP contribution in [0.15, 0.2) is 84.9 Å². The van der Waals surface area contributed by atoms with Gasteiger partial charge in [0.25, 0.3) is 5.91 Å². The van der Waals surface area contributed by atoms with Gasteiger partial charge in [-0.05, 0) is 48.7 Å². The number of ether oxygens (including phenoxy) is 1. The average Bonchev–Trinajstić information content (AvgIpc) is 2.74. The van der Waals surface area contributed by atoms with Gasteiger partial charge < -0.3 is 10.1 Å². The van der Waals surface area contributed by atoms with Crippen LogP contribution in [0.2, 0.25) is 0 Å². The number of hydrogen-bond donors (Lipinski definition) is 1. The summed E-state index contributed by atoms with van der Waals surface area (Å²) in [4.78, 5) is 13.1. The molecule has 0 heterocycles. The molecule has 3 rings (SSSR count). The Kier molecular flexibility index (Phi) is 6.64. The molecule has 3 aromatic carbocycles. The van der Waals surface area contributed by atoms with E-state index < -0.39 is 0 Å². The zero-order valence-electron chi connectivity index (χ0n) is 16.3. The third-order valence-electron chi connectivity index (χ3n) is 4.48. The molecule has 0 bridgehead atoms. The van der Waals surface area contributed by atoms with E-state index in [0.717, 1.165) is 22.4 Å². The van der Waals surface area contributed by atoms with Crippen LogP contribution in [0, 0.1) is 0 Å². The first-order chi connectivity index (χ1) is 13.7. The normalized spacial score (nSPS) is 12.3. The van der Waals surface area contributed by atoms with Crippen molar-refractivity contribution in [3.05, 3.63) is 102 Å². The van der Waals surface area contributed by atoms with Crippen LogP contribution >= 0.6 is 0 Å².